The van der Waals surface area contributed by atoms with Crippen molar-refractivity contribution in [1.82, 2.24) is 9.97 Å². The predicted octanol–water partition coefficient (Wildman–Crippen LogP) is 2.18. The molecule has 108 valence electrons. The molecule has 0 aliphatic carbocycles. The molecule has 6 heteroatoms. The van der Waals surface area contributed by atoms with E-state index >= 15 is 0 Å². The zero-order valence-corrected chi connectivity index (χ0v) is 12.1. The van der Waals surface area contributed by atoms with E-state index in [2.05, 4.69) is 9.97 Å². The number of nitrogens with two attached hydrogens (primary N) is 1. The molecule has 0 saturated carbocycles. The normalized spacial score (nSPS) is 9.90. The van der Waals surface area contributed by atoms with Crippen molar-refractivity contribution in [1.29, 1.82) is 0 Å². The lowest BCUT2D eigenvalue weighted by molar-refractivity contribution is 0.0525. The Hall–Kier alpha value is -1.85. The van der Waals surface area contributed by atoms with E-state index in [9.17, 15) is 4.79 Å². The molecule has 2 aromatic rings. The Balaban J connectivity index is 0.00000200. The lowest BCUT2D eigenvalue weighted by atomic mass is 10.1. The van der Waals surface area contributed by atoms with Gasteiger partial charge < -0.3 is 15.5 Å². The number of ether oxygens (including phenoxy) is 1. The van der Waals surface area contributed by atoms with Crippen LogP contribution in [0.4, 0.5) is 0 Å². The Kier molecular flexibility index (Phi) is 6.21. The fourth-order valence-corrected chi connectivity index (χ4v) is 1.92. The van der Waals surface area contributed by atoms with Gasteiger partial charge in [-0.15, -0.1) is 12.4 Å². The van der Waals surface area contributed by atoms with Gasteiger partial charge in [-0.1, -0.05) is 0 Å². The van der Waals surface area contributed by atoms with Crippen LogP contribution in [0.5, 0.6) is 0 Å². The highest BCUT2D eigenvalue weighted by molar-refractivity contribution is 5.92. The first-order valence-electron chi connectivity index (χ1n) is 6.25. The summed E-state index contributed by atoms with van der Waals surface area (Å²) in [6.45, 7) is 2.62. The number of rotatable bonds is 5. The third kappa shape index (κ3) is 3.59. The molecule has 0 aliphatic rings. The fourth-order valence-electron chi connectivity index (χ4n) is 1.92. The molecule has 2 aromatic heterocycles. The minimum Gasteiger partial charge on any atom is -0.462 e. The van der Waals surface area contributed by atoms with E-state index in [0.29, 0.717) is 25.1 Å². The first-order valence-corrected chi connectivity index (χ1v) is 6.25. The molecule has 0 spiro atoms. The van der Waals surface area contributed by atoms with E-state index in [4.69, 9.17) is 10.5 Å². The van der Waals surface area contributed by atoms with Crippen molar-refractivity contribution in [2.75, 3.05) is 13.2 Å². The zero-order chi connectivity index (χ0) is 13.7. The summed E-state index contributed by atoms with van der Waals surface area (Å²) in [6, 6.07) is 5.57. The average molecular weight is 296 g/mol. The maximum Gasteiger partial charge on any atom is 0.339 e. The second-order valence-electron chi connectivity index (χ2n) is 4.07. The van der Waals surface area contributed by atoms with Crippen molar-refractivity contribution in [3.05, 3.63) is 41.9 Å². The van der Waals surface area contributed by atoms with Crippen LogP contribution in [-0.2, 0) is 11.2 Å². The number of carbonyl (C=O) groups excluding carboxylic acids is 1. The Morgan fingerprint density at radius 3 is 2.70 bits per heavy atom. The van der Waals surface area contributed by atoms with Crippen molar-refractivity contribution in [3.63, 3.8) is 0 Å². The number of pyridine rings is 1. The minimum absolute atomic E-state index is 0. The maximum atomic E-state index is 11.9. The molecule has 0 bridgehead atoms. The first-order chi connectivity index (χ1) is 9.26. The quantitative estimate of drug-likeness (QED) is 0.828. The van der Waals surface area contributed by atoms with Gasteiger partial charge in [0.1, 0.15) is 0 Å². The smallest absolute Gasteiger partial charge is 0.339 e. The molecule has 20 heavy (non-hydrogen) atoms. The monoisotopic (exact) mass is 295 g/mol. The molecule has 0 fully saturated rings. The summed E-state index contributed by atoms with van der Waals surface area (Å²) >= 11 is 0. The maximum absolute atomic E-state index is 11.9. The van der Waals surface area contributed by atoms with Gasteiger partial charge in [0.15, 0.2) is 0 Å². The summed E-state index contributed by atoms with van der Waals surface area (Å²) in [5.41, 5.74) is 8.78. The molecule has 2 heterocycles. The SMILES string of the molecule is CCOC(=O)c1cc(-c2ccncc2)[nH]c1CCN.Cl. The first kappa shape index (κ1) is 16.2. The number of aromatic nitrogens is 2. The Morgan fingerprint density at radius 2 is 2.10 bits per heavy atom. The third-order valence-corrected chi connectivity index (χ3v) is 2.78. The van der Waals surface area contributed by atoms with Crippen LogP contribution in [0.15, 0.2) is 30.6 Å². The number of hydrogen-bond acceptors (Lipinski definition) is 4. The van der Waals surface area contributed by atoms with Crippen molar-refractivity contribution in [2.24, 2.45) is 5.73 Å². The van der Waals surface area contributed by atoms with E-state index in [1.165, 1.54) is 0 Å². The highest BCUT2D eigenvalue weighted by atomic mass is 35.5. The lowest BCUT2D eigenvalue weighted by Gasteiger charge is -2.01. The van der Waals surface area contributed by atoms with Gasteiger partial charge in [-0.25, -0.2) is 4.79 Å². The van der Waals surface area contributed by atoms with E-state index in [1.807, 2.05) is 12.1 Å². The zero-order valence-electron chi connectivity index (χ0n) is 11.3. The average Bonchev–Trinajstić information content (AvgIpc) is 2.85. The Bertz CT molecular complexity index is 555. The van der Waals surface area contributed by atoms with Gasteiger partial charge in [0.05, 0.1) is 12.2 Å². The standard InChI is InChI=1S/C14H17N3O2.ClH/c1-2-19-14(18)11-9-13(17-12(11)3-6-15)10-4-7-16-8-5-10;/h4-5,7-9,17H,2-3,6,15H2,1H3;1H. The van der Waals surface area contributed by atoms with Crippen LogP contribution in [0.25, 0.3) is 11.3 Å². The van der Waals surface area contributed by atoms with Crippen LogP contribution in [0.2, 0.25) is 0 Å². The molecule has 5 nitrogen and oxygen atoms in total. The molecule has 0 unspecified atom stereocenters. The number of H-pyrrole nitrogens is 1. The van der Waals surface area contributed by atoms with Gasteiger partial charge in [0.2, 0.25) is 0 Å². The van der Waals surface area contributed by atoms with Gasteiger partial charge in [0.25, 0.3) is 0 Å². The summed E-state index contributed by atoms with van der Waals surface area (Å²) in [5, 5.41) is 0. The second-order valence-corrected chi connectivity index (χ2v) is 4.07. The summed E-state index contributed by atoms with van der Waals surface area (Å²) in [4.78, 5) is 19.1. The molecular weight excluding hydrogens is 278 g/mol. The van der Waals surface area contributed by atoms with E-state index in [-0.39, 0.29) is 18.4 Å². The molecule has 0 aliphatic heterocycles. The molecule has 0 aromatic carbocycles. The molecule has 2 rings (SSSR count). The number of hydrogen-bond donors (Lipinski definition) is 2. The molecule has 0 radical (unpaired) electrons. The number of carbonyl (C=O) groups is 1. The Labute approximate surface area is 124 Å². The minimum atomic E-state index is -0.317. The molecule has 0 amide bonds. The van der Waals surface area contributed by atoms with Crippen LogP contribution in [-0.4, -0.2) is 29.1 Å². The van der Waals surface area contributed by atoms with Gasteiger partial charge in [0, 0.05) is 35.8 Å². The van der Waals surface area contributed by atoms with Crippen molar-refractivity contribution in [3.8, 4) is 11.3 Å². The second kappa shape index (κ2) is 7.67. The highest BCUT2D eigenvalue weighted by Gasteiger charge is 2.16. The molecule has 0 atom stereocenters. The van der Waals surface area contributed by atoms with Crippen LogP contribution in [0.3, 0.4) is 0 Å². The number of nitrogens with zero attached hydrogens (tertiary/aromatic N) is 1. The topological polar surface area (TPSA) is 81.0 Å². The number of aromatic amines is 1. The highest BCUT2D eigenvalue weighted by Crippen LogP contribution is 2.22. The van der Waals surface area contributed by atoms with E-state index in [0.717, 1.165) is 17.0 Å². The summed E-state index contributed by atoms with van der Waals surface area (Å²) in [7, 11) is 0. The van der Waals surface area contributed by atoms with E-state index < -0.39 is 0 Å². The van der Waals surface area contributed by atoms with Crippen molar-refractivity contribution >= 4 is 18.4 Å². The largest absolute Gasteiger partial charge is 0.462 e. The Morgan fingerprint density at radius 1 is 1.40 bits per heavy atom. The van der Waals surface area contributed by atoms with Gasteiger partial charge in [-0.3, -0.25) is 4.98 Å². The van der Waals surface area contributed by atoms with E-state index in [1.54, 1.807) is 25.4 Å². The van der Waals surface area contributed by atoms with Gasteiger partial charge in [-0.2, -0.15) is 0 Å². The predicted molar refractivity (Wildman–Crippen MR) is 80.0 cm³/mol. The molecule has 3 N–H and O–H groups in total. The van der Waals surface area contributed by atoms with Gasteiger partial charge >= 0.3 is 5.97 Å². The number of halogens is 1. The van der Waals surface area contributed by atoms with Crippen LogP contribution < -0.4 is 5.73 Å². The molecule has 0 saturated heterocycles. The lowest BCUT2D eigenvalue weighted by Crippen LogP contribution is -2.10. The van der Waals surface area contributed by atoms with Crippen molar-refractivity contribution < 1.29 is 9.53 Å². The number of nitrogens with one attached hydrogen (secondary N) is 1. The summed E-state index contributed by atoms with van der Waals surface area (Å²) in [5.74, 6) is -0.317. The summed E-state index contributed by atoms with van der Waals surface area (Å²) in [6.07, 6.45) is 4.03. The number of esters is 1. The molecular formula is C14H18ClN3O2. The van der Waals surface area contributed by atoms with Crippen LogP contribution in [0.1, 0.15) is 23.0 Å². The van der Waals surface area contributed by atoms with Crippen LogP contribution >= 0.6 is 12.4 Å². The fraction of sp³-hybridized carbons (Fsp3) is 0.286. The summed E-state index contributed by atoms with van der Waals surface area (Å²) < 4.78 is 5.05. The van der Waals surface area contributed by atoms with Gasteiger partial charge in [-0.05, 0) is 31.7 Å². The van der Waals surface area contributed by atoms with Crippen molar-refractivity contribution in [2.45, 2.75) is 13.3 Å². The third-order valence-electron chi connectivity index (χ3n) is 2.78. The van der Waals surface area contributed by atoms with Crippen LogP contribution in [0, 0.1) is 0 Å².